The van der Waals surface area contributed by atoms with Gasteiger partial charge >= 0.3 is 0 Å². The molecule has 1 N–H and O–H groups in total. The van der Waals surface area contributed by atoms with Crippen molar-refractivity contribution in [2.45, 2.75) is 26.3 Å². The molecular formula is C22H19ClN4O2S. The third kappa shape index (κ3) is 4.93. The molecule has 152 valence electrons. The van der Waals surface area contributed by atoms with Crippen LogP contribution in [-0.2, 0) is 24.2 Å². The zero-order valence-corrected chi connectivity index (χ0v) is 17.8. The molecule has 0 saturated heterocycles. The zero-order valence-electron chi connectivity index (χ0n) is 16.3. The van der Waals surface area contributed by atoms with Crippen LogP contribution in [0.1, 0.15) is 23.4 Å². The van der Waals surface area contributed by atoms with Crippen molar-refractivity contribution in [1.29, 1.82) is 0 Å². The summed E-state index contributed by atoms with van der Waals surface area (Å²) < 4.78 is 5.30. The molecular weight excluding hydrogens is 420 g/mol. The monoisotopic (exact) mass is 438 g/mol. The summed E-state index contributed by atoms with van der Waals surface area (Å²) in [4.78, 5) is 21.2. The van der Waals surface area contributed by atoms with Gasteiger partial charge in [0.05, 0.1) is 23.7 Å². The van der Waals surface area contributed by atoms with Crippen LogP contribution < -0.4 is 5.32 Å². The first-order valence-electron chi connectivity index (χ1n) is 9.49. The Morgan fingerprint density at radius 1 is 1.13 bits per heavy atom. The van der Waals surface area contributed by atoms with Gasteiger partial charge in [-0.25, -0.2) is 4.98 Å². The maximum absolute atomic E-state index is 12.1. The van der Waals surface area contributed by atoms with Crippen molar-refractivity contribution in [3.05, 3.63) is 75.4 Å². The fraction of sp³-hybridized carbons (Fsp3) is 0.182. The molecule has 4 aromatic rings. The Bertz CT molecular complexity index is 1150. The van der Waals surface area contributed by atoms with Gasteiger partial charge in [0, 0.05) is 21.5 Å². The van der Waals surface area contributed by atoms with E-state index in [1.165, 1.54) is 0 Å². The fourth-order valence-electron chi connectivity index (χ4n) is 2.89. The summed E-state index contributed by atoms with van der Waals surface area (Å²) in [5.74, 6) is 0.695. The van der Waals surface area contributed by atoms with Gasteiger partial charge in [-0.05, 0) is 30.2 Å². The first-order valence-corrected chi connectivity index (χ1v) is 10.8. The topological polar surface area (TPSA) is 80.9 Å². The molecule has 0 aliphatic heterocycles. The Balaban J connectivity index is 1.39. The molecule has 2 aromatic heterocycles. The van der Waals surface area contributed by atoms with Crippen LogP contribution in [0.15, 0.2) is 58.4 Å². The number of aryl methyl sites for hydroxylation is 1. The van der Waals surface area contributed by atoms with Crippen LogP contribution >= 0.6 is 22.9 Å². The van der Waals surface area contributed by atoms with Crippen LogP contribution in [0.3, 0.4) is 0 Å². The quantitative estimate of drug-likeness (QED) is 0.442. The third-order valence-corrected chi connectivity index (χ3v) is 5.70. The van der Waals surface area contributed by atoms with Crippen molar-refractivity contribution >= 4 is 28.8 Å². The van der Waals surface area contributed by atoms with Crippen LogP contribution in [-0.4, -0.2) is 21.0 Å². The standard InChI is InChI=1S/C22H19ClN4O2S/c1-2-21-25-18(13-30-21)15-4-3-5-16(11-15)22-26-20(29-27-22)12-24-19(28)10-14-6-8-17(23)9-7-14/h3-9,11,13H,2,10,12H2,1H3,(H,24,28). The lowest BCUT2D eigenvalue weighted by Crippen LogP contribution is -2.24. The Hall–Kier alpha value is -3.03. The van der Waals surface area contributed by atoms with E-state index in [4.69, 9.17) is 16.1 Å². The van der Waals surface area contributed by atoms with E-state index < -0.39 is 0 Å². The summed E-state index contributed by atoms with van der Waals surface area (Å²) >= 11 is 7.52. The molecule has 0 spiro atoms. The molecule has 0 radical (unpaired) electrons. The highest BCUT2D eigenvalue weighted by Gasteiger charge is 2.12. The molecule has 0 fully saturated rings. The lowest BCUT2D eigenvalue weighted by Gasteiger charge is -2.02. The zero-order chi connectivity index (χ0) is 20.9. The number of aromatic nitrogens is 3. The minimum Gasteiger partial charge on any atom is -0.347 e. The number of halogens is 1. The summed E-state index contributed by atoms with van der Waals surface area (Å²) in [6.07, 6.45) is 1.18. The number of hydrogen-bond donors (Lipinski definition) is 1. The van der Waals surface area contributed by atoms with Gasteiger partial charge in [0.1, 0.15) is 0 Å². The van der Waals surface area contributed by atoms with E-state index in [1.54, 1.807) is 23.5 Å². The Kier molecular flexibility index (Phi) is 6.21. The number of carbonyl (C=O) groups excluding carboxylic acids is 1. The maximum Gasteiger partial charge on any atom is 0.246 e. The van der Waals surface area contributed by atoms with E-state index in [1.807, 2.05) is 36.4 Å². The van der Waals surface area contributed by atoms with E-state index in [0.29, 0.717) is 16.7 Å². The number of hydrogen-bond acceptors (Lipinski definition) is 6. The van der Waals surface area contributed by atoms with Crippen molar-refractivity contribution in [3.63, 3.8) is 0 Å². The number of benzene rings is 2. The fourth-order valence-corrected chi connectivity index (χ4v) is 3.77. The second kappa shape index (κ2) is 9.19. The molecule has 0 aliphatic carbocycles. The van der Waals surface area contributed by atoms with Gasteiger partial charge in [0.25, 0.3) is 0 Å². The largest absolute Gasteiger partial charge is 0.347 e. The second-order valence-corrected chi connectivity index (χ2v) is 8.03. The summed E-state index contributed by atoms with van der Waals surface area (Å²) in [6.45, 7) is 2.26. The van der Waals surface area contributed by atoms with E-state index in [-0.39, 0.29) is 18.9 Å². The number of thiazole rings is 1. The lowest BCUT2D eigenvalue weighted by molar-refractivity contribution is -0.120. The van der Waals surface area contributed by atoms with Crippen molar-refractivity contribution < 1.29 is 9.32 Å². The highest BCUT2D eigenvalue weighted by atomic mass is 35.5. The predicted molar refractivity (Wildman–Crippen MR) is 117 cm³/mol. The van der Waals surface area contributed by atoms with Crippen LogP contribution in [0.25, 0.3) is 22.6 Å². The molecule has 8 heteroatoms. The summed E-state index contributed by atoms with van der Waals surface area (Å²) in [5, 5.41) is 10.6. The lowest BCUT2D eigenvalue weighted by atomic mass is 10.1. The molecule has 4 rings (SSSR count). The summed E-state index contributed by atoms with van der Waals surface area (Å²) in [6, 6.07) is 15.0. The molecule has 2 heterocycles. The number of nitrogens with zero attached hydrogens (tertiary/aromatic N) is 3. The Morgan fingerprint density at radius 2 is 1.93 bits per heavy atom. The smallest absolute Gasteiger partial charge is 0.246 e. The van der Waals surface area contributed by atoms with Crippen molar-refractivity contribution in [3.8, 4) is 22.6 Å². The predicted octanol–water partition coefficient (Wildman–Crippen LogP) is 4.93. The van der Waals surface area contributed by atoms with Gasteiger partial charge in [-0.2, -0.15) is 4.98 Å². The average Bonchev–Trinajstić information content (AvgIpc) is 3.44. The van der Waals surface area contributed by atoms with Gasteiger partial charge < -0.3 is 9.84 Å². The van der Waals surface area contributed by atoms with Crippen molar-refractivity contribution in [2.24, 2.45) is 0 Å². The van der Waals surface area contributed by atoms with Crippen LogP contribution in [0.4, 0.5) is 0 Å². The molecule has 2 aromatic carbocycles. The maximum atomic E-state index is 12.1. The van der Waals surface area contributed by atoms with Crippen molar-refractivity contribution in [2.75, 3.05) is 0 Å². The molecule has 0 bridgehead atoms. The average molecular weight is 439 g/mol. The van der Waals surface area contributed by atoms with Crippen LogP contribution in [0, 0.1) is 0 Å². The van der Waals surface area contributed by atoms with Crippen LogP contribution in [0.5, 0.6) is 0 Å². The number of nitrogens with one attached hydrogen (secondary N) is 1. The van der Waals surface area contributed by atoms with E-state index in [0.717, 1.165) is 33.8 Å². The number of amides is 1. The minimum absolute atomic E-state index is 0.130. The number of rotatable bonds is 7. The highest BCUT2D eigenvalue weighted by molar-refractivity contribution is 7.09. The van der Waals surface area contributed by atoms with Crippen molar-refractivity contribution in [1.82, 2.24) is 20.4 Å². The summed E-state index contributed by atoms with van der Waals surface area (Å²) in [7, 11) is 0. The van der Waals surface area contributed by atoms with Gasteiger partial charge in [-0.3, -0.25) is 4.79 Å². The number of carbonyl (C=O) groups is 1. The Labute approximate surface area is 182 Å². The molecule has 6 nitrogen and oxygen atoms in total. The third-order valence-electron chi connectivity index (χ3n) is 4.45. The van der Waals surface area contributed by atoms with Crippen LogP contribution in [0.2, 0.25) is 5.02 Å². The van der Waals surface area contributed by atoms with Gasteiger partial charge in [0.15, 0.2) is 0 Å². The normalized spacial score (nSPS) is 10.9. The molecule has 0 atom stereocenters. The van der Waals surface area contributed by atoms with E-state index >= 15 is 0 Å². The summed E-state index contributed by atoms with van der Waals surface area (Å²) in [5.41, 5.74) is 3.66. The minimum atomic E-state index is -0.130. The van der Waals surface area contributed by atoms with Gasteiger partial charge in [-0.1, -0.05) is 54.0 Å². The van der Waals surface area contributed by atoms with Gasteiger partial charge in [0.2, 0.25) is 17.6 Å². The first-order chi connectivity index (χ1) is 14.6. The molecule has 1 amide bonds. The van der Waals surface area contributed by atoms with E-state index in [2.05, 4.69) is 32.7 Å². The molecule has 30 heavy (non-hydrogen) atoms. The molecule has 0 unspecified atom stereocenters. The molecule has 0 saturated carbocycles. The first kappa shape index (κ1) is 20.3. The van der Waals surface area contributed by atoms with E-state index in [9.17, 15) is 4.79 Å². The van der Waals surface area contributed by atoms with Gasteiger partial charge in [-0.15, -0.1) is 11.3 Å². The SMILES string of the molecule is CCc1nc(-c2cccc(-c3noc(CNC(=O)Cc4ccc(Cl)cc4)n3)c2)cs1. The highest BCUT2D eigenvalue weighted by Crippen LogP contribution is 2.26. The second-order valence-electron chi connectivity index (χ2n) is 6.65. The Morgan fingerprint density at radius 3 is 2.70 bits per heavy atom. The molecule has 0 aliphatic rings.